The highest BCUT2D eigenvalue weighted by Crippen LogP contribution is 2.22. The molecule has 0 saturated heterocycles. The quantitative estimate of drug-likeness (QED) is 0.599. The number of ether oxygens (including phenoxy) is 2. The van der Waals surface area contributed by atoms with Gasteiger partial charge in [-0.15, -0.1) is 0 Å². The van der Waals surface area contributed by atoms with E-state index in [0.29, 0.717) is 34.2 Å². The summed E-state index contributed by atoms with van der Waals surface area (Å²) in [4.78, 5) is 24.2. The van der Waals surface area contributed by atoms with Crippen LogP contribution in [0.5, 0.6) is 5.75 Å². The van der Waals surface area contributed by atoms with E-state index in [1.165, 1.54) is 7.11 Å². The first-order valence-electron chi connectivity index (χ1n) is 8.53. The van der Waals surface area contributed by atoms with Gasteiger partial charge in [0, 0.05) is 10.7 Å². The summed E-state index contributed by atoms with van der Waals surface area (Å²) in [6.07, 6.45) is 0. The van der Waals surface area contributed by atoms with Crippen molar-refractivity contribution < 1.29 is 19.1 Å². The molecule has 0 aliphatic rings. The number of nitrogens with one attached hydrogen (secondary N) is 1. The molecule has 0 spiro atoms. The molecule has 142 valence electrons. The fourth-order valence-corrected chi connectivity index (χ4v) is 2.65. The SMILES string of the molecule is COC(=O)c1ccc(NC(=O)c2ccccc2OCc2ccc(Cl)cc2)cc1. The molecule has 0 unspecified atom stereocenters. The minimum absolute atomic E-state index is 0.308. The van der Waals surface area contributed by atoms with Gasteiger partial charge in [-0.05, 0) is 54.1 Å². The van der Waals surface area contributed by atoms with Gasteiger partial charge in [-0.1, -0.05) is 35.9 Å². The molecule has 28 heavy (non-hydrogen) atoms. The number of amides is 1. The maximum Gasteiger partial charge on any atom is 0.337 e. The summed E-state index contributed by atoms with van der Waals surface area (Å²) >= 11 is 5.89. The fraction of sp³-hybridized carbons (Fsp3) is 0.0909. The van der Waals surface area contributed by atoms with Crippen LogP contribution < -0.4 is 10.1 Å². The first-order valence-corrected chi connectivity index (χ1v) is 8.90. The van der Waals surface area contributed by atoms with Crippen LogP contribution in [0.1, 0.15) is 26.3 Å². The largest absolute Gasteiger partial charge is 0.488 e. The van der Waals surface area contributed by atoms with Crippen LogP contribution in [-0.4, -0.2) is 19.0 Å². The molecule has 3 rings (SSSR count). The predicted molar refractivity (Wildman–Crippen MR) is 108 cm³/mol. The Hall–Kier alpha value is -3.31. The molecule has 6 heteroatoms. The lowest BCUT2D eigenvalue weighted by Crippen LogP contribution is -2.14. The summed E-state index contributed by atoms with van der Waals surface area (Å²) in [6.45, 7) is 0.315. The molecule has 0 bridgehead atoms. The minimum atomic E-state index is -0.432. The van der Waals surface area contributed by atoms with Crippen LogP contribution in [0.2, 0.25) is 5.02 Å². The Balaban J connectivity index is 1.70. The van der Waals surface area contributed by atoms with Crippen LogP contribution in [0.3, 0.4) is 0 Å². The summed E-state index contributed by atoms with van der Waals surface area (Å²) in [5, 5.41) is 3.45. The molecule has 0 aliphatic carbocycles. The van der Waals surface area contributed by atoms with Gasteiger partial charge < -0.3 is 14.8 Å². The van der Waals surface area contributed by atoms with Gasteiger partial charge in [-0.2, -0.15) is 0 Å². The number of carbonyl (C=O) groups is 2. The lowest BCUT2D eigenvalue weighted by Gasteiger charge is -2.12. The van der Waals surface area contributed by atoms with Crippen molar-refractivity contribution in [2.24, 2.45) is 0 Å². The molecule has 0 aromatic heterocycles. The molecule has 3 aromatic carbocycles. The van der Waals surface area contributed by atoms with Gasteiger partial charge in [-0.3, -0.25) is 4.79 Å². The Bertz CT molecular complexity index is 969. The van der Waals surface area contributed by atoms with Crippen molar-refractivity contribution in [1.29, 1.82) is 0 Å². The van der Waals surface area contributed by atoms with Gasteiger partial charge in [0.2, 0.25) is 0 Å². The first kappa shape index (κ1) is 19.5. The van der Waals surface area contributed by atoms with E-state index >= 15 is 0 Å². The smallest absolute Gasteiger partial charge is 0.337 e. The molecular formula is C22H18ClNO4. The zero-order valence-electron chi connectivity index (χ0n) is 15.1. The van der Waals surface area contributed by atoms with E-state index in [1.54, 1.807) is 60.7 Å². The van der Waals surface area contributed by atoms with Crippen molar-refractivity contribution in [3.05, 3.63) is 94.5 Å². The van der Waals surface area contributed by atoms with Crippen molar-refractivity contribution in [3.63, 3.8) is 0 Å². The minimum Gasteiger partial charge on any atom is -0.488 e. The van der Waals surface area contributed by atoms with Crippen LogP contribution >= 0.6 is 11.6 Å². The van der Waals surface area contributed by atoms with E-state index in [0.717, 1.165) is 5.56 Å². The number of para-hydroxylation sites is 1. The average Bonchev–Trinajstić information content (AvgIpc) is 2.73. The second-order valence-corrected chi connectivity index (χ2v) is 6.37. The standard InChI is InChI=1S/C22H18ClNO4/c1-27-22(26)16-8-12-18(13-9-16)24-21(25)19-4-2-3-5-20(19)28-14-15-6-10-17(23)11-7-15/h2-13H,14H2,1H3,(H,24,25). The lowest BCUT2D eigenvalue weighted by molar-refractivity contribution is 0.0600. The van der Waals surface area contributed by atoms with Gasteiger partial charge in [0.25, 0.3) is 5.91 Å². The van der Waals surface area contributed by atoms with Crippen molar-refractivity contribution in [1.82, 2.24) is 0 Å². The molecule has 0 aliphatic heterocycles. The number of halogens is 1. The average molecular weight is 396 g/mol. The molecule has 5 nitrogen and oxygen atoms in total. The van der Waals surface area contributed by atoms with E-state index in [2.05, 4.69) is 10.1 Å². The molecular weight excluding hydrogens is 378 g/mol. The van der Waals surface area contributed by atoms with Gasteiger partial charge in [0.05, 0.1) is 18.2 Å². The highest BCUT2D eigenvalue weighted by atomic mass is 35.5. The zero-order chi connectivity index (χ0) is 19.9. The molecule has 0 heterocycles. The summed E-state index contributed by atoms with van der Waals surface area (Å²) in [5.74, 6) is -0.266. The number of methoxy groups -OCH3 is 1. The number of carbonyl (C=O) groups excluding carboxylic acids is 2. The Morgan fingerprint density at radius 1 is 0.929 bits per heavy atom. The number of hydrogen-bond donors (Lipinski definition) is 1. The van der Waals surface area contributed by atoms with Crippen molar-refractivity contribution in [3.8, 4) is 5.75 Å². The maximum absolute atomic E-state index is 12.7. The van der Waals surface area contributed by atoms with Gasteiger partial charge in [0.15, 0.2) is 0 Å². The number of rotatable bonds is 6. The van der Waals surface area contributed by atoms with Gasteiger partial charge in [0.1, 0.15) is 12.4 Å². The normalized spacial score (nSPS) is 10.2. The van der Waals surface area contributed by atoms with E-state index in [-0.39, 0.29) is 5.91 Å². The second-order valence-electron chi connectivity index (χ2n) is 5.93. The third-order valence-electron chi connectivity index (χ3n) is 4.00. The van der Waals surface area contributed by atoms with Crippen LogP contribution in [0, 0.1) is 0 Å². The van der Waals surface area contributed by atoms with Crippen LogP contribution in [-0.2, 0) is 11.3 Å². The summed E-state index contributed by atoms with van der Waals surface area (Å²) in [7, 11) is 1.32. The van der Waals surface area contributed by atoms with Crippen LogP contribution in [0.25, 0.3) is 0 Å². The Labute approximate surface area is 167 Å². The molecule has 0 saturated carbocycles. The van der Waals surface area contributed by atoms with Crippen molar-refractivity contribution in [2.75, 3.05) is 12.4 Å². The lowest BCUT2D eigenvalue weighted by atomic mass is 10.1. The molecule has 0 atom stereocenters. The van der Waals surface area contributed by atoms with Crippen molar-refractivity contribution >= 4 is 29.2 Å². The van der Waals surface area contributed by atoms with E-state index in [4.69, 9.17) is 16.3 Å². The molecule has 1 amide bonds. The van der Waals surface area contributed by atoms with E-state index in [1.807, 2.05) is 12.1 Å². The Kier molecular flexibility index (Phi) is 6.29. The summed E-state index contributed by atoms with van der Waals surface area (Å²) in [6, 6.07) is 20.8. The number of esters is 1. The molecule has 0 fully saturated rings. The summed E-state index contributed by atoms with van der Waals surface area (Å²) < 4.78 is 10.5. The van der Waals surface area contributed by atoms with Gasteiger partial charge in [-0.25, -0.2) is 4.79 Å². The van der Waals surface area contributed by atoms with Crippen LogP contribution in [0.15, 0.2) is 72.8 Å². The zero-order valence-corrected chi connectivity index (χ0v) is 15.9. The fourth-order valence-electron chi connectivity index (χ4n) is 2.53. The molecule has 3 aromatic rings. The van der Waals surface area contributed by atoms with E-state index < -0.39 is 5.97 Å². The maximum atomic E-state index is 12.7. The Morgan fingerprint density at radius 2 is 1.61 bits per heavy atom. The highest BCUT2D eigenvalue weighted by molar-refractivity contribution is 6.30. The predicted octanol–water partition coefficient (Wildman–Crippen LogP) is 4.96. The van der Waals surface area contributed by atoms with E-state index in [9.17, 15) is 9.59 Å². The third kappa shape index (κ3) is 4.90. The molecule has 1 N–H and O–H groups in total. The number of anilines is 1. The van der Waals surface area contributed by atoms with Gasteiger partial charge >= 0.3 is 5.97 Å². The first-order chi connectivity index (χ1) is 13.6. The number of hydrogen-bond acceptors (Lipinski definition) is 4. The second kappa shape index (κ2) is 9.06. The van der Waals surface area contributed by atoms with Crippen molar-refractivity contribution in [2.45, 2.75) is 6.61 Å². The van der Waals surface area contributed by atoms with Crippen LogP contribution in [0.4, 0.5) is 5.69 Å². The topological polar surface area (TPSA) is 64.6 Å². The molecule has 0 radical (unpaired) electrons. The summed E-state index contributed by atoms with van der Waals surface area (Å²) in [5.41, 5.74) is 2.32. The Morgan fingerprint density at radius 3 is 2.29 bits per heavy atom. The monoisotopic (exact) mass is 395 g/mol. The third-order valence-corrected chi connectivity index (χ3v) is 4.26. The number of benzene rings is 3. The highest BCUT2D eigenvalue weighted by Gasteiger charge is 2.13.